The lowest BCUT2D eigenvalue weighted by molar-refractivity contribution is -0.133. The summed E-state index contributed by atoms with van der Waals surface area (Å²) in [6.45, 7) is 5.50. The summed E-state index contributed by atoms with van der Waals surface area (Å²) in [7, 11) is 0. The number of aryl methyl sites for hydroxylation is 2. The molecule has 2 amide bonds. The largest absolute Gasteiger partial charge is 0.338 e. The fourth-order valence-electron chi connectivity index (χ4n) is 3.50. The molecule has 2 aromatic carbocycles. The number of benzene rings is 2. The molecule has 1 aliphatic heterocycles. The summed E-state index contributed by atoms with van der Waals surface area (Å²) in [6, 6.07) is 11.8. The molecule has 1 saturated carbocycles. The highest BCUT2D eigenvalue weighted by atomic mass is 16.2. The van der Waals surface area contributed by atoms with Gasteiger partial charge in [-0.15, -0.1) is 0 Å². The maximum atomic E-state index is 12.5. The number of fused-ring (bicyclic) bond motifs is 1. The molecule has 2 aliphatic rings. The van der Waals surface area contributed by atoms with E-state index in [9.17, 15) is 9.59 Å². The summed E-state index contributed by atoms with van der Waals surface area (Å²) in [5, 5.41) is 2.99. The molecule has 4 nitrogen and oxygen atoms in total. The van der Waals surface area contributed by atoms with E-state index in [0.717, 1.165) is 42.6 Å². The Kier molecular flexibility index (Phi) is 4.27. The third-order valence-electron chi connectivity index (χ3n) is 5.48. The summed E-state index contributed by atoms with van der Waals surface area (Å²) >= 11 is 0. The van der Waals surface area contributed by atoms with E-state index >= 15 is 0 Å². The van der Waals surface area contributed by atoms with Gasteiger partial charge in [-0.1, -0.05) is 12.1 Å². The Labute approximate surface area is 154 Å². The van der Waals surface area contributed by atoms with Gasteiger partial charge in [0.15, 0.2) is 0 Å². The summed E-state index contributed by atoms with van der Waals surface area (Å²) in [5.41, 5.74) is 6.15. The van der Waals surface area contributed by atoms with Gasteiger partial charge in [0.1, 0.15) is 0 Å². The molecule has 1 heterocycles. The molecule has 0 aromatic heterocycles. The first-order chi connectivity index (χ1) is 12.5. The Balaban J connectivity index is 1.49. The minimum atomic E-state index is -0.102. The van der Waals surface area contributed by atoms with Gasteiger partial charge in [0.25, 0.3) is 5.91 Å². The number of hydrogen-bond donors (Lipinski definition) is 1. The molecule has 0 bridgehead atoms. The summed E-state index contributed by atoms with van der Waals surface area (Å²) in [5.74, 6) is 0.444. The number of hydrogen-bond acceptors (Lipinski definition) is 2. The average molecular weight is 348 g/mol. The smallest absolute Gasteiger partial charge is 0.255 e. The SMILES string of the molecule is Cc1ccc(C(=O)Nc2ccc3c(c2)CN(C(=O)C2CC2)CC3)cc1C. The number of nitrogens with zero attached hydrogens (tertiary/aromatic N) is 1. The van der Waals surface area contributed by atoms with Crippen molar-refractivity contribution in [1.82, 2.24) is 4.90 Å². The van der Waals surface area contributed by atoms with Crippen LogP contribution in [-0.2, 0) is 17.8 Å². The monoisotopic (exact) mass is 348 g/mol. The van der Waals surface area contributed by atoms with Crippen molar-refractivity contribution in [2.45, 2.75) is 39.7 Å². The quantitative estimate of drug-likeness (QED) is 0.916. The van der Waals surface area contributed by atoms with Gasteiger partial charge >= 0.3 is 0 Å². The average Bonchev–Trinajstić information content (AvgIpc) is 3.48. The van der Waals surface area contributed by atoms with Gasteiger partial charge in [-0.2, -0.15) is 0 Å². The Morgan fingerprint density at radius 2 is 1.81 bits per heavy atom. The molecule has 0 unspecified atom stereocenters. The summed E-state index contributed by atoms with van der Waals surface area (Å²) in [4.78, 5) is 26.8. The normalized spacial score (nSPS) is 16.2. The van der Waals surface area contributed by atoms with E-state index in [0.29, 0.717) is 18.0 Å². The van der Waals surface area contributed by atoms with Crippen molar-refractivity contribution in [3.8, 4) is 0 Å². The number of rotatable bonds is 3. The molecule has 1 N–H and O–H groups in total. The van der Waals surface area contributed by atoms with Crippen LogP contribution in [0.3, 0.4) is 0 Å². The lowest BCUT2D eigenvalue weighted by Gasteiger charge is -2.29. The Morgan fingerprint density at radius 3 is 2.54 bits per heavy atom. The number of carbonyl (C=O) groups is 2. The number of amides is 2. The maximum Gasteiger partial charge on any atom is 0.255 e. The lowest BCUT2D eigenvalue weighted by atomic mass is 9.98. The Bertz CT molecular complexity index is 884. The first-order valence-electron chi connectivity index (χ1n) is 9.30. The van der Waals surface area contributed by atoms with Crippen LogP contribution in [0, 0.1) is 19.8 Å². The van der Waals surface area contributed by atoms with E-state index in [1.165, 1.54) is 11.1 Å². The van der Waals surface area contributed by atoms with E-state index in [2.05, 4.69) is 11.4 Å². The zero-order chi connectivity index (χ0) is 18.3. The van der Waals surface area contributed by atoms with Crippen LogP contribution in [0.4, 0.5) is 5.69 Å². The standard InChI is InChI=1S/C22H24N2O2/c1-14-3-4-18(11-15(14)2)21(25)23-20-8-7-16-9-10-24(13-19(16)12-20)22(26)17-5-6-17/h3-4,7-8,11-12,17H,5-6,9-10,13H2,1-2H3,(H,23,25). The fourth-order valence-corrected chi connectivity index (χ4v) is 3.50. The van der Waals surface area contributed by atoms with E-state index in [1.807, 2.05) is 49.1 Å². The second-order valence-corrected chi connectivity index (χ2v) is 7.52. The van der Waals surface area contributed by atoms with Crippen molar-refractivity contribution < 1.29 is 9.59 Å². The highest BCUT2D eigenvalue weighted by molar-refractivity contribution is 6.04. The van der Waals surface area contributed by atoms with E-state index in [1.54, 1.807) is 0 Å². The molecule has 1 aliphatic carbocycles. The Hall–Kier alpha value is -2.62. The lowest BCUT2D eigenvalue weighted by Crippen LogP contribution is -2.36. The van der Waals surface area contributed by atoms with Gasteiger partial charge in [0, 0.05) is 30.3 Å². The molecule has 0 saturated heterocycles. The van der Waals surface area contributed by atoms with Crippen molar-refractivity contribution in [2.75, 3.05) is 11.9 Å². The molecule has 26 heavy (non-hydrogen) atoms. The van der Waals surface area contributed by atoms with Crippen molar-refractivity contribution in [2.24, 2.45) is 5.92 Å². The summed E-state index contributed by atoms with van der Waals surface area (Å²) < 4.78 is 0. The van der Waals surface area contributed by atoms with Crippen molar-refractivity contribution in [3.05, 3.63) is 64.2 Å². The Morgan fingerprint density at radius 1 is 1.00 bits per heavy atom. The van der Waals surface area contributed by atoms with Crippen LogP contribution >= 0.6 is 0 Å². The molecule has 2 aromatic rings. The minimum Gasteiger partial charge on any atom is -0.338 e. The van der Waals surface area contributed by atoms with Crippen LogP contribution in [0.15, 0.2) is 36.4 Å². The summed E-state index contributed by atoms with van der Waals surface area (Å²) in [6.07, 6.45) is 2.96. The topological polar surface area (TPSA) is 49.4 Å². The predicted molar refractivity (Wildman–Crippen MR) is 102 cm³/mol. The van der Waals surface area contributed by atoms with Gasteiger partial charge in [-0.05, 0) is 79.6 Å². The molecule has 4 rings (SSSR count). The molecule has 4 heteroatoms. The first-order valence-corrected chi connectivity index (χ1v) is 9.30. The highest BCUT2D eigenvalue weighted by Gasteiger charge is 2.34. The van der Waals surface area contributed by atoms with Crippen LogP contribution in [0.5, 0.6) is 0 Å². The molecular weight excluding hydrogens is 324 g/mol. The minimum absolute atomic E-state index is 0.102. The van der Waals surface area contributed by atoms with Crippen LogP contribution in [0.1, 0.15) is 45.5 Å². The van der Waals surface area contributed by atoms with Gasteiger partial charge in [-0.25, -0.2) is 0 Å². The number of anilines is 1. The van der Waals surface area contributed by atoms with Crippen molar-refractivity contribution in [1.29, 1.82) is 0 Å². The van der Waals surface area contributed by atoms with Crippen LogP contribution in [0.25, 0.3) is 0 Å². The maximum absolute atomic E-state index is 12.5. The van der Waals surface area contributed by atoms with E-state index < -0.39 is 0 Å². The van der Waals surface area contributed by atoms with Crippen LogP contribution < -0.4 is 5.32 Å². The number of carbonyl (C=O) groups excluding carboxylic acids is 2. The van der Waals surface area contributed by atoms with Gasteiger partial charge in [0.05, 0.1) is 0 Å². The molecule has 0 atom stereocenters. The second kappa shape index (κ2) is 6.60. The third-order valence-corrected chi connectivity index (χ3v) is 5.48. The highest BCUT2D eigenvalue weighted by Crippen LogP contribution is 2.33. The zero-order valence-electron chi connectivity index (χ0n) is 15.3. The fraction of sp³-hybridized carbons (Fsp3) is 0.364. The number of nitrogens with one attached hydrogen (secondary N) is 1. The van der Waals surface area contributed by atoms with Gasteiger partial charge in [0.2, 0.25) is 5.91 Å². The molecule has 0 spiro atoms. The van der Waals surface area contributed by atoms with Crippen LogP contribution in [0.2, 0.25) is 0 Å². The molecule has 134 valence electrons. The van der Waals surface area contributed by atoms with Crippen molar-refractivity contribution in [3.63, 3.8) is 0 Å². The second-order valence-electron chi connectivity index (χ2n) is 7.52. The first kappa shape index (κ1) is 16.8. The molecular formula is C22H24N2O2. The van der Waals surface area contributed by atoms with Gasteiger partial charge in [-0.3, -0.25) is 9.59 Å². The third kappa shape index (κ3) is 3.36. The van der Waals surface area contributed by atoms with E-state index in [-0.39, 0.29) is 11.8 Å². The van der Waals surface area contributed by atoms with Crippen molar-refractivity contribution >= 4 is 17.5 Å². The molecule has 0 radical (unpaired) electrons. The molecule has 1 fully saturated rings. The van der Waals surface area contributed by atoms with Gasteiger partial charge < -0.3 is 10.2 Å². The zero-order valence-corrected chi connectivity index (χ0v) is 15.3. The van der Waals surface area contributed by atoms with E-state index in [4.69, 9.17) is 0 Å². The predicted octanol–water partition coefficient (Wildman–Crippen LogP) is 3.85. The van der Waals surface area contributed by atoms with Crippen LogP contribution in [-0.4, -0.2) is 23.3 Å².